The molecule has 8 saturated carbocycles. The van der Waals surface area contributed by atoms with Gasteiger partial charge in [0.25, 0.3) is 0 Å². The minimum absolute atomic E-state index is 0.0617. The maximum atomic E-state index is 12.1. The van der Waals surface area contributed by atoms with Gasteiger partial charge in [-0.25, -0.2) is 0 Å². The van der Waals surface area contributed by atoms with Crippen molar-refractivity contribution in [3.05, 3.63) is 0 Å². The molecule has 0 heterocycles. The highest BCUT2D eigenvalue weighted by molar-refractivity contribution is 5.80. The fourth-order valence-corrected chi connectivity index (χ4v) is 17.3. The van der Waals surface area contributed by atoms with Crippen LogP contribution in [0.4, 0.5) is 0 Å². The molecule has 0 bridgehead atoms. The smallest absolute Gasteiger partial charge is 0.305 e. The first kappa shape index (κ1) is 41.4. The van der Waals surface area contributed by atoms with Gasteiger partial charge in [-0.2, -0.15) is 0 Å². The number of carbonyl (C=O) groups is 4. The third-order valence-electron chi connectivity index (χ3n) is 20.4. The van der Waals surface area contributed by atoms with Crippen LogP contribution in [0.2, 0.25) is 0 Å². The first-order valence-electron chi connectivity index (χ1n) is 23.4. The first-order valence-corrected chi connectivity index (χ1v) is 23.4. The molecular formula is C49H79NO5. The molecule has 16 atom stereocenters. The number of carbonyl (C=O) groups excluding carboxylic acids is 4. The summed E-state index contributed by atoms with van der Waals surface area (Å²) in [5.74, 6) is 9.93. The standard InChI is InChI=1S/C25H40O3.C24H39NO2/c1-16(5-10-23(27)28-4)20-8-9-21-19-7-6-17-15-18(26)11-13-24(17,2)22(19)12-14-25(20,21)3;1-15(4-9-22(25)27)19-7-8-20-18-6-5-16-14-17(26)10-12-23(16,2)21(18)11-13-24(19,20)3/h16-17,19-22H,5-15H2,1-4H3;15-16,18-21H,4-14H2,1-3H3,(H2,25,27)/t16-,17+,19?,20-,21?,22?,24+,25-;15-,16+,18?,19-,20?,21?,23+,24-/m11/s1. The van der Waals surface area contributed by atoms with Crippen LogP contribution in [0.3, 0.4) is 0 Å². The van der Waals surface area contributed by atoms with Crippen molar-refractivity contribution in [2.24, 2.45) is 98.4 Å². The number of primary amides is 1. The summed E-state index contributed by atoms with van der Waals surface area (Å²) in [5, 5.41) is 0. The van der Waals surface area contributed by atoms with Crippen LogP contribution in [-0.2, 0) is 23.9 Å². The predicted octanol–water partition coefficient (Wildman–Crippen LogP) is 10.9. The number of fused-ring (bicyclic) bond motifs is 10. The molecule has 0 radical (unpaired) electrons. The van der Waals surface area contributed by atoms with Gasteiger partial charge in [-0.15, -0.1) is 0 Å². The Morgan fingerprint density at radius 3 is 1.44 bits per heavy atom. The van der Waals surface area contributed by atoms with Crippen molar-refractivity contribution < 1.29 is 23.9 Å². The van der Waals surface area contributed by atoms with Crippen molar-refractivity contribution in [3.8, 4) is 0 Å². The van der Waals surface area contributed by atoms with E-state index in [-0.39, 0.29) is 11.9 Å². The molecule has 310 valence electrons. The Bertz CT molecular complexity index is 1460. The Morgan fingerprint density at radius 1 is 0.600 bits per heavy atom. The van der Waals surface area contributed by atoms with Gasteiger partial charge in [0.05, 0.1) is 7.11 Å². The molecule has 8 fully saturated rings. The van der Waals surface area contributed by atoms with Gasteiger partial charge in [-0.1, -0.05) is 41.5 Å². The summed E-state index contributed by atoms with van der Waals surface area (Å²) >= 11 is 0. The maximum Gasteiger partial charge on any atom is 0.305 e. The van der Waals surface area contributed by atoms with Crippen molar-refractivity contribution in [2.45, 2.75) is 183 Å². The Balaban J connectivity index is 0.000000169. The topological polar surface area (TPSA) is 104 Å². The van der Waals surface area contributed by atoms with E-state index in [2.05, 4.69) is 41.5 Å². The highest BCUT2D eigenvalue weighted by Crippen LogP contribution is 2.70. The molecule has 6 heteroatoms. The second-order valence-electron chi connectivity index (χ2n) is 22.3. The number of amides is 1. The van der Waals surface area contributed by atoms with E-state index < -0.39 is 0 Å². The number of ketones is 2. The maximum absolute atomic E-state index is 12.1. The third kappa shape index (κ3) is 7.33. The zero-order valence-corrected chi connectivity index (χ0v) is 36.1. The average Bonchev–Trinajstić information content (AvgIpc) is 3.70. The summed E-state index contributed by atoms with van der Waals surface area (Å²) in [6.07, 6.45) is 24.8. The number of hydrogen-bond donors (Lipinski definition) is 1. The number of methoxy groups -OCH3 is 1. The summed E-state index contributed by atoms with van der Waals surface area (Å²) < 4.78 is 4.87. The highest BCUT2D eigenvalue weighted by Gasteiger charge is 2.62. The molecule has 6 unspecified atom stereocenters. The summed E-state index contributed by atoms with van der Waals surface area (Å²) in [5.41, 5.74) is 7.13. The van der Waals surface area contributed by atoms with Crippen molar-refractivity contribution >= 4 is 23.4 Å². The molecule has 0 aromatic rings. The molecule has 6 nitrogen and oxygen atoms in total. The zero-order valence-electron chi connectivity index (χ0n) is 36.1. The SMILES string of the molecule is COC(=O)CC[C@@H](C)[C@H]1CCC2C3CC[C@H]4CC(=O)CC[C@]4(C)C3CC[C@@]21C.C[C@H](CCC(N)=O)[C@H]1CCC2C3CC[C@H]4CC(=O)CC[C@]4(C)C3CC[C@@]21C. The van der Waals surface area contributed by atoms with Gasteiger partial charge in [0.2, 0.25) is 5.91 Å². The van der Waals surface area contributed by atoms with Crippen molar-refractivity contribution in [1.29, 1.82) is 0 Å². The zero-order chi connectivity index (χ0) is 39.5. The number of nitrogens with two attached hydrogens (primary N) is 1. The number of Topliss-reactive ketones (excluding diaryl/α,β-unsaturated/α-hetero) is 2. The lowest BCUT2D eigenvalue weighted by atomic mass is 9.44. The molecular weight excluding hydrogens is 683 g/mol. The molecule has 55 heavy (non-hydrogen) atoms. The highest BCUT2D eigenvalue weighted by atomic mass is 16.5. The molecule has 0 spiro atoms. The van der Waals surface area contributed by atoms with Gasteiger partial charge in [-0.3, -0.25) is 19.2 Å². The van der Waals surface area contributed by atoms with Crippen LogP contribution in [0.25, 0.3) is 0 Å². The summed E-state index contributed by atoms with van der Waals surface area (Å²) in [6.45, 7) is 15.0. The average molecular weight is 762 g/mol. The minimum Gasteiger partial charge on any atom is -0.469 e. The lowest BCUT2D eigenvalue weighted by Gasteiger charge is -2.60. The van der Waals surface area contributed by atoms with E-state index >= 15 is 0 Å². The molecule has 0 saturated heterocycles. The number of rotatable bonds is 8. The van der Waals surface area contributed by atoms with Gasteiger partial charge in [0.15, 0.2) is 0 Å². The van der Waals surface area contributed by atoms with Crippen LogP contribution in [-0.4, -0.2) is 30.6 Å². The van der Waals surface area contributed by atoms with Crippen molar-refractivity contribution in [1.82, 2.24) is 0 Å². The summed E-state index contributed by atoms with van der Waals surface area (Å²) in [4.78, 5) is 47.0. The summed E-state index contributed by atoms with van der Waals surface area (Å²) in [7, 11) is 1.50. The Kier molecular flexibility index (Phi) is 11.9. The van der Waals surface area contributed by atoms with Crippen LogP contribution >= 0.6 is 0 Å². The quantitative estimate of drug-likeness (QED) is 0.248. The number of hydrogen-bond acceptors (Lipinski definition) is 5. The van der Waals surface area contributed by atoms with Crippen LogP contribution in [0.1, 0.15) is 183 Å². The fourth-order valence-electron chi connectivity index (χ4n) is 17.3. The summed E-state index contributed by atoms with van der Waals surface area (Å²) in [6, 6.07) is 0. The van der Waals surface area contributed by atoms with E-state index in [9.17, 15) is 19.2 Å². The van der Waals surface area contributed by atoms with Gasteiger partial charge in [0, 0.05) is 38.5 Å². The number of esters is 1. The van der Waals surface area contributed by atoms with E-state index in [1.165, 1.54) is 84.2 Å². The molecule has 0 aromatic heterocycles. The lowest BCUT2D eigenvalue weighted by Crippen LogP contribution is -2.53. The van der Waals surface area contributed by atoms with E-state index in [1.54, 1.807) is 0 Å². The first-order chi connectivity index (χ1) is 26.0. The van der Waals surface area contributed by atoms with E-state index in [1.807, 2.05) is 0 Å². The Hall–Kier alpha value is -1.72. The van der Waals surface area contributed by atoms with Crippen molar-refractivity contribution in [3.63, 3.8) is 0 Å². The van der Waals surface area contributed by atoms with Gasteiger partial charge in [0.1, 0.15) is 11.6 Å². The van der Waals surface area contributed by atoms with Crippen LogP contribution in [0.15, 0.2) is 0 Å². The van der Waals surface area contributed by atoms with Crippen LogP contribution < -0.4 is 5.73 Å². The van der Waals surface area contributed by atoms with Crippen molar-refractivity contribution in [2.75, 3.05) is 7.11 Å². The normalized spacial score (nSPS) is 47.0. The van der Waals surface area contributed by atoms with Crippen LogP contribution in [0.5, 0.6) is 0 Å². The van der Waals surface area contributed by atoms with Gasteiger partial charge >= 0.3 is 5.97 Å². The van der Waals surface area contributed by atoms with E-state index in [4.69, 9.17) is 10.5 Å². The Morgan fingerprint density at radius 2 is 1.02 bits per heavy atom. The van der Waals surface area contributed by atoms with E-state index in [0.29, 0.717) is 69.7 Å². The molecule has 0 aliphatic heterocycles. The van der Waals surface area contributed by atoms with Gasteiger partial charge in [-0.05, 0) is 195 Å². The molecule has 8 aliphatic carbocycles. The third-order valence-corrected chi connectivity index (χ3v) is 20.4. The predicted molar refractivity (Wildman–Crippen MR) is 218 cm³/mol. The minimum atomic E-state index is -0.150. The fraction of sp³-hybridized carbons (Fsp3) is 0.918. The largest absolute Gasteiger partial charge is 0.469 e. The second-order valence-corrected chi connectivity index (χ2v) is 22.3. The molecule has 2 N–H and O–H groups in total. The second kappa shape index (κ2) is 15.8. The number of ether oxygens (including phenoxy) is 1. The van der Waals surface area contributed by atoms with Crippen LogP contribution in [0, 0.1) is 92.7 Å². The molecule has 0 aromatic carbocycles. The lowest BCUT2D eigenvalue weighted by molar-refractivity contribution is -0.142. The molecule has 8 rings (SSSR count). The molecule has 8 aliphatic rings. The monoisotopic (exact) mass is 762 g/mol. The molecule has 1 amide bonds. The van der Waals surface area contributed by atoms with Gasteiger partial charge < -0.3 is 10.5 Å². The Labute approximate surface area is 334 Å². The van der Waals surface area contributed by atoms with E-state index in [0.717, 1.165) is 98.7 Å².